The molecule has 0 spiro atoms. The van der Waals surface area contributed by atoms with Gasteiger partial charge in [0.2, 0.25) is 0 Å². The Morgan fingerprint density at radius 3 is 1.91 bits per heavy atom. The molecule has 0 aliphatic rings. The van der Waals surface area contributed by atoms with Crippen LogP contribution in [0.2, 0.25) is 0 Å². The molecule has 0 aliphatic heterocycles. The fourth-order valence-corrected chi connectivity index (χ4v) is 4.18. The summed E-state index contributed by atoms with van der Waals surface area (Å²) in [7, 11) is 0. The topological polar surface area (TPSA) is 12.9 Å². The molecule has 1 heterocycles. The van der Waals surface area contributed by atoms with Crippen molar-refractivity contribution in [3.63, 3.8) is 0 Å². The number of halogens is 1. The molecule has 2 heteroatoms. The molecule has 0 radical (unpaired) electrons. The Kier molecular flexibility index (Phi) is 9.94. The normalized spacial score (nSPS) is 11.1. The number of pyridine rings is 1. The summed E-state index contributed by atoms with van der Waals surface area (Å²) < 4.78 is 14.6. The summed E-state index contributed by atoms with van der Waals surface area (Å²) >= 11 is 0. The molecule has 0 saturated heterocycles. The predicted octanol–water partition coefficient (Wildman–Crippen LogP) is 9.19. The number of hydrogen-bond donors (Lipinski definition) is 0. The van der Waals surface area contributed by atoms with Gasteiger partial charge in [0, 0.05) is 17.3 Å². The first kappa shape index (κ1) is 24.2. The number of hydrogen-bond acceptors (Lipinski definition) is 1. The molecule has 0 atom stereocenters. The standard InChI is InChI=1S/C30H38FN/c1-3-5-7-8-9-10-11-13-24-14-17-26(18-15-24)27-19-21-30(32-23-27)28-20-16-25(12-6-4-2)22-29(28)31/h14-23H,3-13H2,1-2H3. The lowest BCUT2D eigenvalue weighted by Crippen LogP contribution is -1.92. The van der Waals surface area contributed by atoms with Crippen LogP contribution < -0.4 is 0 Å². The maximum atomic E-state index is 14.6. The van der Waals surface area contributed by atoms with Gasteiger partial charge in [0.05, 0.1) is 5.69 Å². The summed E-state index contributed by atoms with van der Waals surface area (Å²) in [4.78, 5) is 4.55. The van der Waals surface area contributed by atoms with E-state index in [1.54, 1.807) is 6.07 Å². The molecule has 170 valence electrons. The Labute approximate surface area is 194 Å². The van der Waals surface area contributed by atoms with Gasteiger partial charge in [0.15, 0.2) is 0 Å². The van der Waals surface area contributed by atoms with Crippen LogP contribution in [0.1, 0.15) is 82.8 Å². The van der Waals surface area contributed by atoms with Gasteiger partial charge in [-0.15, -0.1) is 0 Å². The molecule has 32 heavy (non-hydrogen) atoms. The lowest BCUT2D eigenvalue weighted by atomic mass is 10.0. The average Bonchev–Trinajstić information content (AvgIpc) is 2.83. The van der Waals surface area contributed by atoms with E-state index < -0.39 is 0 Å². The van der Waals surface area contributed by atoms with E-state index >= 15 is 0 Å². The summed E-state index contributed by atoms with van der Waals surface area (Å²) in [5, 5.41) is 0. The lowest BCUT2D eigenvalue weighted by Gasteiger charge is -2.08. The Hall–Kier alpha value is -2.48. The molecule has 0 bridgehead atoms. The van der Waals surface area contributed by atoms with E-state index in [1.807, 2.05) is 30.5 Å². The average molecular weight is 432 g/mol. The third-order valence-corrected chi connectivity index (χ3v) is 6.25. The Bertz CT molecular complexity index is 928. The minimum Gasteiger partial charge on any atom is -0.256 e. The molecule has 3 aromatic rings. The highest BCUT2D eigenvalue weighted by Gasteiger charge is 2.08. The fraction of sp³-hybridized carbons (Fsp3) is 0.433. The maximum Gasteiger partial charge on any atom is 0.132 e. The van der Waals surface area contributed by atoms with Crippen molar-refractivity contribution in [3.8, 4) is 22.4 Å². The smallest absolute Gasteiger partial charge is 0.132 e. The molecule has 1 nitrogen and oxygen atoms in total. The quantitative estimate of drug-likeness (QED) is 0.246. The summed E-state index contributed by atoms with van der Waals surface area (Å²) in [5.74, 6) is -0.187. The number of aromatic nitrogens is 1. The van der Waals surface area contributed by atoms with Crippen molar-refractivity contribution in [1.82, 2.24) is 4.98 Å². The van der Waals surface area contributed by atoms with Gasteiger partial charge in [-0.25, -0.2) is 4.39 Å². The van der Waals surface area contributed by atoms with Crippen LogP contribution in [-0.2, 0) is 12.8 Å². The summed E-state index contributed by atoms with van der Waals surface area (Å²) in [6.45, 7) is 4.42. The van der Waals surface area contributed by atoms with Crippen molar-refractivity contribution >= 4 is 0 Å². The van der Waals surface area contributed by atoms with Crippen LogP contribution in [0.4, 0.5) is 4.39 Å². The number of benzene rings is 2. The first-order chi connectivity index (χ1) is 15.7. The van der Waals surface area contributed by atoms with Gasteiger partial charge < -0.3 is 0 Å². The van der Waals surface area contributed by atoms with Gasteiger partial charge in [-0.05, 0) is 60.6 Å². The summed E-state index contributed by atoms with van der Waals surface area (Å²) in [5.41, 5.74) is 5.93. The van der Waals surface area contributed by atoms with E-state index in [0.717, 1.165) is 42.4 Å². The Balaban J connectivity index is 1.54. The van der Waals surface area contributed by atoms with Gasteiger partial charge in [0.25, 0.3) is 0 Å². The maximum absolute atomic E-state index is 14.6. The molecular weight excluding hydrogens is 393 g/mol. The van der Waals surface area contributed by atoms with Gasteiger partial charge in [-0.2, -0.15) is 0 Å². The fourth-order valence-electron chi connectivity index (χ4n) is 4.18. The Morgan fingerprint density at radius 2 is 1.25 bits per heavy atom. The van der Waals surface area contributed by atoms with Gasteiger partial charge in [-0.3, -0.25) is 4.98 Å². The van der Waals surface area contributed by atoms with Crippen LogP contribution >= 0.6 is 0 Å². The van der Waals surface area contributed by atoms with Gasteiger partial charge >= 0.3 is 0 Å². The highest BCUT2D eigenvalue weighted by Crippen LogP contribution is 2.26. The van der Waals surface area contributed by atoms with Crippen LogP contribution in [0, 0.1) is 5.82 Å². The molecule has 0 amide bonds. The van der Waals surface area contributed by atoms with E-state index in [0.29, 0.717) is 11.3 Å². The van der Waals surface area contributed by atoms with E-state index in [4.69, 9.17) is 0 Å². The van der Waals surface area contributed by atoms with E-state index in [2.05, 4.69) is 43.1 Å². The first-order valence-electron chi connectivity index (χ1n) is 12.6. The molecule has 0 aliphatic carbocycles. The molecule has 0 fully saturated rings. The minimum atomic E-state index is -0.187. The van der Waals surface area contributed by atoms with E-state index in [9.17, 15) is 4.39 Å². The monoisotopic (exact) mass is 431 g/mol. The zero-order chi connectivity index (χ0) is 22.6. The van der Waals surface area contributed by atoms with Gasteiger partial charge in [-0.1, -0.05) is 95.2 Å². The number of aryl methyl sites for hydroxylation is 2. The number of nitrogens with zero attached hydrogens (tertiary/aromatic N) is 1. The second kappa shape index (κ2) is 13.2. The second-order valence-electron chi connectivity index (χ2n) is 8.92. The van der Waals surface area contributed by atoms with Crippen molar-refractivity contribution in [1.29, 1.82) is 0 Å². The van der Waals surface area contributed by atoms with Crippen molar-refractivity contribution in [2.75, 3.05) is 0 Å². The number of rotatable bonds is 13. The highest BCUT2D eigenvalue weighted by atomic mass is 19.1. The third-order valence-electron chi connectivity index (χ3n) is 6.25. The van der Waals surface area contributed by atoms with Crippen molar-refractivity contribution in [3.05, 3.63) is 77.7 Å². The summed E-state index contributed by atoms with van der Waals surface area (Å²) in [6, 6.07) is 18.3. The zero-order valence-electron chi connectivity index (χ0n) is 19.9. The van der Waals surface area contributed by atoms with E-state index in [1.165, 1.54) is 50.5 Å². The first-order valence-corrected chi connectivity index (χ1v) is 12.6. The Morgan fingerprint density at radius 1 is 0.625 bits per heavy atom. The van der Waals surface area contributed by atoms with Crippen molar-refractivity contribution in [2.24, 2.45) is 0 Å². The zero-order valence-corrected chi connectivity index (χ0v) is 19.9. The highest BCUT2D eigenvalue weighted by molar-refractivity contribution is 5.67. The molecule has 0 unspecified atom stereocenters. The minimum absolute atomic E-state index is 0.187. The second-order valence-corrected chi connectivity index (χ2v) is 8.92. The van der Waals surface area contributed by atoms with Crippen LogP contribution in [0.3, 0.4) is 0 Å². The molecule has 1 aromatic heterocycles. The van der Waals surface area contributed by atoms with E-state index in [-0.39, 0.29) is 5.82 Å². The molecular formula is C30H38FN. The van der Waals surface area contributed by atoms with Crippen LogP contribution in [-0.4, -0.2) is 4.98 Å². The lowest BCUT2D eigenvalue weighted by molar-refractivity contribution is 0.589. The molecule has 2 aromatic carbocycles. The van der Waals surface area contributed by atoms with Crippen LogP contribution in [0.25, 0.3) is 22.4 Å². The van der Waals surface area contributed by atoms with Gasteiger partial charge in [0.1, 0.15) is 5.82 Å². The molecule has 0 N–H and O–H groups in total. The number of unbranched alkanes of at least 4 members (excludes halogenated alkanes) is 7. The SMILES string of the molecule is CCCCCCCCCc1ccc(-c2ccc(-c3ccc(CCCC)cc3F)nc2)cc1. The molecule has 3 rings (SSSR count). The third kappa shape index (κ3) is 7.29. The largest absolute Gasteiger partial charge is 0.256 e. The van der Waals surface area contributed by atoms with Crippen molar-refractivity contribution in [2.45, 2.75) is 84.5 Å². The van der Waals surface area contributed by atoms with Crippen molar-refractivity contribution < 1.29 is 4.39 Å². The van der Waals surface area contributed by atoms with Crippen LogP contribution in [0.5, 0.6) is 0 Å². The molecule has 0 saturated carbocycles. The van der Waals surface area contributed by atoms with Crippen LogP contribution in [0.15, 0.2) is 60.8 Å². The summed E-state index contributed by atoms with van der Waals surface area (Å²) in [6.07, 6.45) is 15.5. The predicted molar refractivity (Wildman–Crippen MR) is 135 cm³/mol.